The summed E-state index contributed by atoms with van der Waals surface area (Å²) in [5, 5.41) is 0.414. The average molecular weight is 217 g/mol. The highest BCUT2D eigenvalue weighted by Crippen LogP contribution is 2.16. The van der Waals surface area contributed by atoms with E-state index in [0.29, 0.717) is 5.38 Å². The van der Waals surface area contributed by atoms with Crippen molar-refractivity contribution in [3.63, 3.8) is 0 Å². The lowest BCUT2D eigenvalue weighted by molar-refractivity contribution is 0.572. The molecule has 0 saturated carbocycles. The van der Waals surface area contributed by atoms with Crippen LogP contribution in [-0.4, -0.2) is 5.38 Å². The SMILES string of the molecule is C=CCCCCC(Cl)CCCCCC. The van der Waals surface area contributed by atoms with Gasteiger partial charge < -0.3 is 0 Å². The minimum absolute atomic E-state index is 0.414. The van der Waals surface area contributed by atoms with Crippen LogP contribution in [0.1, 0.15) is 64.7 Å². The summed E-state index contributed by atoms with van der Waals surface area (Å²) in [7, 11) is 0. The highest BCUT2D eigenvalue weighted by Gasteiger charge is 2.03. The van der Waals surface area contributed by atoms with E-state index in [1.807, 2.05) is 6.08 Å². The smallest absolute Gasteiger partial charge is 0.0336 e. The molecular formula is C13H25Cl. The molecule has 0 aliphatic rings. The average Bonchev–Trinajstić information content (AvgIpc) is 2.19. The van der Waals surface area contributed by atoms with E-state index in [2.05, 4.69) is 13.5 Å². The number of allylic oxidation sites excluding steroid dienone is 1. The summed E-state index contributed by atoms with van der Waals surface area (Å²) in [5.74, 6) is 0. The van der Waals surface area contributed by atoms with Crippen LogP contribution in [0.25, 0.3) is 0 Å². The van der Waals surface area contributed by atoms with Gasteiger partial charge in [0.25, 0.3) is 0 Å². The Balaban J connectivity index is 3.10. The number of alkyl halides is 1. The van der Waals surface area contributed by atoms with Crippen LogP contribution < -0.4 is 0 Å². The fourth-order valence-electron chi connectivity index (χ4n) is 1.59. The van der Waals surface area contributed by atoms with Gasteiger partial charge in [-0.05, 0) is 25.7 Å². The van der Waals surface area contributed by atoms with Crippen LogP contribution in [0, 0.1) is 0 Å². The first kappa shape index (κ1) is 14.0. The topological polar surface area (TPSA) is 0 Å². The van der Waals surface area contributed by atoms with Gasteiger partial charge in [0.2, 0.25) is 0 Å². The molecule has 1 atom stereocenters. The first-order valence-electron chi connectivity index (χ1n) is 6.06. The van der Waals surface area contributed by atoms with Gasteiger partial charge in [0, 0.05) is 5.38 Å². The summed E-state index contributed by atoms with van der Waals surface area (Å²) in [6, 6.07) is 0. The van der Waals surface area contributed by atoms with Crippen LogP contribution >= 0.6 is 11.6 Å². The molecule has 0 spiro atoms. The van der Waals surface area contributed by atoms with Crippen molar-refractivity contribution >= 4 is 11.6 Å². The molecule has 0 heterocycles. The lowest BCUT2D eigenvalue weighted by atomic mass is 10.1. The summed E-state index contributed by atoms with van der Waals surface area (Å²) in [5.41, 5.74) is 0. The van der Waals surface area contributed by atoms with E-state index in [4.69, 9.17) is 11.6 Å². The zero-order chi connectivity index (χ0) is 10.6. The molecule has 0 nitrogen and oxygen atoms in total. The summed E-state index contributed by atoms with van der Waals surface area (Å²) < 4.78 is 0. The second kappa shape index (κ2) is 11.1. The van der Waals surface area contributed by atoms with Gasteiger partial charge in [-0.1, -0.05) is 45.1 Å². The number of halogens is 1. The van der Waals surface area contributed by atoms with Crippen LogP contribution in [-0.2, 0) is 0 Å². The standard InChI is InChI=1S/C13H25Cl/c1-3-5-7-9-11-13(14)12-10-8-6-4-2/h3,13H,1,4-12H2,2H3. The zero-order valence-electron chi connectivity index (χ0n) is 9.60. The van der Waals surface area contributed by atoms with Gasteiger partial charge in [-0.3, -0.25) is 0 Å². The highest BCUT2D eigenvalue weighted by molar-refractivity contribution is 6.20. The molecule has 1 heteroatoms. The molecule has 0 amide bonds. The third-order valence-electron chi connectivity index (χ3n) is 2.55. The van der Waals surface area contributed by atoms with E-state index in [1.54, 1.807) is 0 Å². The van der Waals surface area contributed by atoms with Gasteiger partial charge in [0.05, 0.1) is 0 Å². The van der Waals surface area contributed by atoms with Crippen molar-refractivity contribution in [1.29, 1.82) is 0 Å². The van der Waals surface area contributed by atoms with Gasteiger partial charge in [-0.25, -0.2) is 0 Å². The van der Waals surface area contributed by atoms with Crippen molar-refractivity contribution in [2.24, 2.45) is 0 Å². The number of hydrogen-bond donors (Lipinski definition) is 0. The Bertz CT molecular complexity index is 120. The minimum Gasteiger partial charge on any atom is -0.123 e. The maximum atomic E-state index is 6.21. The van der Waals surface area contributed by atoms with Crippen LogP contribution in [0.5, 0.6) is 0 Å². The van der Waals surface area contributed by atoms with E-state index < -0.39 is 0 Å². The predicted octanol–water partition coefficient (Wildman–Crippen LogP) is 5.31. The molecular weight excluding hydrogens is 192 g/mol. The van der Waals surface area contributed by atoms with Gasteiger partial charge >= 0.3 is 0 Å². The Morgan fingerprint density at radius 3 is 2.29 bits per heavy atom. The van der Waals surface area contributed by atoms with Crippen molar-refractivity contribution in [2.75, 3.05) is 0 Å². The van der Waals surface area contributed by atoms with Crippen LogP contribution in [0.2, 0.25) is 0 Å². The largest absolute Gasteiger partial charge is 0.123 e. The molecule has 0 aliphatic carbocycles. The molecule has 0 aromatic rings. The summed E-state index contributed by atoms with van der Waals surface area (Å²) in [4.78, 5) is 0. The van der Waals surface area contributed by atoms with E-state index in [9.17, 15) is 0 Å². The molecule has 0 aromatic carbocycles. The van der Waals surface area contributed by atoms with Gasteiger partial charge in [-0.15, -0.1) is 18.2 Å². The summed E-state index contributed by atoms with van der Waals surface area (Å²) >= 11 is 6.21. The first-order chi connectivity index (χ1) is 6.81. The molecule has 0 aromatic heterocycles. The third-order valence-corrected chi connectivity index (χ3v) is 2.98. The molecule has 1 unspecified atom stereocenters. The maximum Gasteiger partial charge on any atom is 0.0336 e. The molecule has 0 N–H and O–H groups in total. The molecule has 0 rings (SSSR count). The van der Waals surface area contributed by atoms with Crippen LogP contribution in [0.3, 0.4) is 0 Å². The molecule has 14 heavy (non-hydrogen) atoms. The molecule has 0 radical (unpaired) electrons. The van der Waals surface area contributed by atoms with Crippen LogP contribution in [0.15, 0.2) is 12.7 Å². The van der Waals surface area contributed by atoms with Crippen molar-refractivity contribution in [1.82, 2.24) is 0 Å². The predicted molar refractivity (Wildman–Crippen MR) is 67.1 cm³/mol. The minimum atomic E-state index is 0.414. The van der Waals surface area contributed by atoms with E-state index in [1.165, 1.54) is 51.4 Å². The van der Waals surface area contributed by atoms with Crippen molar-refractivity contribution < 1.29 is 0 Å². The fraction of sp³-hybridized carbons (Fsp3) is 0.846. The Labute approximate surface area is 94.7 Å². The summed E-state index contributed by atoms with van der Waals surface area (Å²) in [6.45, 7) is 5.96. The monoisotopic (exact) mass is 216 g/mol. The fourth-order valence-corrected chi connectivity index (χ4v) is 1.90. The van der Waals surface area contributed by atoms with Gasteiger partial charge in [-0.2, -0.15) is 0 Å². The van der Waals surface area contributed by atoms with E-state index in [-0.39, 0.29) is 0 Å². The van der Waals surface area contributed by atoms with Gasteiger partial charge in [0.15, 0.2) is 0 Å². The molecule has 0 bridgehead atoms. The lowest BCUT2D eigenvalue weighted by Crippen LogP contribution is -1.98. The second-order valence-corrected chi connectivity index (χ2v) is 4.64. The van der Waals surface area contributed by atoms with E-state index >= 15 is 0 Å². The Morgan fingerprint density at radius 1 is 1.07 bits per heavy atom. The maximum absolute atomic E-state index is 6.21. The first-order valence-corrected chi connectivity index (χ1v) is 6.49. The number of hydrogen-bond acceptors (Lipinski definition) is 0. The molecule has 0 fully saturated rings. The quantitative estimate of drug-likeness (QED) is 0.264. The Hall–Kier alpha value is 0.0300. The Kier molecular flexibility index (Phi) is 11.1. The lowest BCUT2D eigenvalue weighted by Gasteiger charge is -2.08. The third kappa shape index (κ3) is 10.1. The number of rotatable bonds is 10. The summed E-state index contributed by atoms with van der Waals surface area (Å²) in [6.07, 6.45) is 13.4. The van der Waals surface area contributed by atoms with Crippen molar-refractivity contribution in [2.45, 2.75) is 70.1 Å². The van der Waals surface area contributed by atoms with Crippen molar-refractivity contribution in [3.8, 4) is 0 Å². The van der Waals surface area contributed by atoms with Crippen LogP contribution in [0.4, 0.5) is 0 Å². The zero-order valence-corrected chi connectivity index (χ0v) is 10.4. The highest BCUT2D eigenvalue weighted by atomic mass is 35.5. The molecule has 0 aliphatic heterocycles. The number of unbranched alkanes of at least 4 members (excludes halogenated alkanes) is 5. The molecule has 0 saturated heterocycles. The Morgan fingerprint density at radius 2 is 1.71 bits per heavy atom. The molecule has 84 valence electrons. The normalized spacial score (nSPS) is 12.7. The van der Waals surface area contributed by atoms with Gasteiger partial charge in [0.1, 0.15) is 0 Å². The van der Waals surface area contributed by atoms with Crippen molar-refractivity contribution in [3.05, 3.63) is 12.7 Å². The second-order valence-electron chi connectivity index (χ2n) is 4.02. The van der Waals surface area contributed by atoms with E-state index in [0.717, 1.165) is 6.42 Å².